The highest BCUT2D eigenvalue weighted by Crippen LogP contribution is 2.42. The Hall–Kier alpha value is -3.03. The Morgan fingerprint density at radius 2 is 1.70 bits per heavy atom. The Bertz CT molecular complexity index is 897. The van der Waals surface area contributed by atoms with E-state index in [0.717, 1.165) is 24.8 Å². The molecule has 0 aromatic carbocycles. The Balaban J connectivity index is 2.67. The first-order chi connectivity index (χ1) is 15.7. The smallest absolute Gasteiger partial charge is 0.417 e. The molecular formula is C25H36N2O6. The van der Waals surface area contributed by atoms with Gasteiger partial charge in [-0.2, -0.15) is 0 Å². The fourth-order valence-electron chi connectivity index (χ4n) is 4.10. The highest BCUT2D eigenvalue weighted by atomic mass is 16.5. The number of hydrogen-bond donors (Lipinski definition) is 1. The molecule has 2 heterocycles. The Labute approximate surface area is 196 Å². The quantitative estimate of drug-likeness (QED) is 0.423. The number of nitrogens with zero attached hydrogens (tertiary/aromatic N) is 1. The zero-order valence-corrected chi connectivity index (χ0v) is 20.7. The molecule has 8 heteroatoms. The fraction of sp³-hybridized carbons (Fsp3) is 0.560. The standard InChI is InChI=1S/C25H36N2O6/c1-8-9-10-18-11-12-27(25(30)32-7)13-19(18)22-20(23(28)31-6)16(4)26-17(5)21(22)24(29)33-14-15(2)3/h11-13,15,18,22,26H,8-10,14H2,1-7H3. The van der Waals surface area contributed by atoms with Gasteiger partial charge < -0.3 is 19.5 Å². The normalized spacial score (nSPS) is 20.5. The molecular weight excluding hydrogens is 424 g/mol. The molecule has 2 rings (SSSR count). The van der Waals surface area contributed by atoms with E-state index in [-0.39, 0.29) is 18.4 Å². The summed E-state index contributed by atoms with van der Waals surface area (Å²) >= 11 is 0. The predicted octanol–water partition coefficient (Wildman–Crippen LogP) is 4.41. The molecule has 8 nitrogen and oxygen atoms in total. The van der Waals surface area contributed by atoms with Crippen LogP contribution >= 0.6 is 0 Å². The molecule has 0 radical (unpaired) electrons. The third-order valence-electron chi connectivity index (χ3n) is 5.72. The van der Waals surface area contributed by atoms with Crippen LogP contribution in [-0.4, -0.2) is 43.8 Å². The van der Waals surface area contributed by atoms with E-state index in [1.54, 1.807) is 26.2 Å². The summed E-state index contributed by atoms with van der Waals surface area (Å²) in [4.78, 5) is 39.8. The molecule has 0 saturated heterocycles. The van der Waals surface area contributed by atoms with Gasteiger partial charge in [0.1, 0.15) is 0 Å². The summed E-state index contributed by atoms with van der Waals surface area (Å²) in [5, 5.41) is 3.14. The number of amides is 1. The molecule has 1 N–H and O–H groups in total. The topological polar surface area (TPSA) is 94.2 Å². The van der Waals surface area contributed by atoms with Crippen molar-refractivity contribution >= 4 is 18.0 Å². The van der Waals surface area contributed by atoms with E-state index in [9.17, 15) is 14.4 Å². The van der Waals surface area contributed by atoms with Gasteiger partial charge in [-0.3, -0.25) is 4.90 Å². The van der Waals surface area contributed by atoms with E-state index >= 15 is 0 Å². The molecule has 2 atom stereocenters. The summed E-state index contributed by atoms with van der Waals surface area (Å²) in [6.07, 6.45) is 7.43. The van der Waals surface area contributed by atoms with Gasteiger partial charge in [0.15, 0.2) is 0 Å². The first kappa shape index (κ1) is 26.2. The lowest BCUT2D eigenvalue weighted by atomic mass is 9.74. The second kappa shape index (κ2) is 11.7. The average molecular weight is 461 g/mol. The van der Waals surface area contributed by atoms with Crippen molar-refractivity contribution in [3.05, 3.63) is 46.6 Å². The fourth-order valence-corrected chi connectivity index (χ4v) is 4.10. The minimum absolute atomic E-state index is 0.0814. The molecule has 0 saturated carbocycles. The van der Waals surface area contributed by atoms with Crippen LogP contribution in [0.4, 0.5) is 4.79 Å². The highest BCUT2D eigenvalue weighted by molar-refractivity contribution is 5.99. The summed E-state index contributed by atoms with van der Waals surface area (Å²) in [6, 6.07) is 0. The largest absolute Gasteiger partial charge is 0.466 e. The summed E-state index contributed by atoms with van der Waals surface area (Å²) in [5.41, 5.74) is 2.61. The molecule has 182 valence electrons. The molecule has 0 aliphatic carbocycles. The second-order valence-electron chi connectivity index (χ2n) is 8.72. The summed E-state index contributed by atoms with van der Waals surface area (Å²) in [7, 11) is 2.62. The number of hydrogen-bond acceptors (Lipinski definition) is 7. The van der Waals surface area contributed by atoms with Gasteiger partial charge in [-0.05, 0) is 31.8 Å². The maximum atomic E-state index is 13.3. The van der Waals surface area contributed by atoms with Gasteiger partial charge in [0.05, 0.1) is 37.9 Å². The van der Waals surface area contributed by atoms with E-state index in [1.807, 2.05) is 19.9 Å². The minimum Gasteiger partial charge on any atom is -0.466 e. The zero-order chi connectivity index (χ0) is 24.7. The van der Waals surface area contributed by atoms with Crippen molar-refractivity contribution in [2.45, 2.75) is 53.9 Å². The summed E-state index contributed by atoms with van der Waals surface area (Å²) in [5.74, 6) is -1.69. The molecule has 1 amide bonds. The van der Waals surface area contributed by atoms with Gasteiger partial charge in [0, 0.05) is 29.7 Å². The number of carbonyl (C=O) groups excluding carboxylic acids is 3. The number of methoxy groups -OCH3 is 2. The number of allylic oxidation sites excluding steroid dienone is 4. The van der Waals surface area contributed by atoms with E-state index in [0.29, 0.717) is 22.5 Å². The summed E-state index contributed by atoms with van der Waals surface area (Å²) in [6.45, 7) is 9.83. The van der Waals surface area contributed by atoms with Crippen LogP contribution in [-0.2, 0) is 23.8 Å². The van der Waals surface area contributed by atoms with Gasteiger partial charge in [-0.1, -0.05) is 39.7 Å². The first-order valence-electron chi connectivity index (χ1n) is 11.4. The van der Waals surface area contributed by atoms with Crippen LogP contribution in [0.3, 0.4) is 0 Å². The minimum atomic E-state index is -0.725. The molecule has 33 heavy (non-hydrogen) atoms. The van der Waals surface area contributed by atoms with Crippen LogP contribution < -0.4 is 5.32 Å². The van der Waals surface area contributed by atoms with Gasteiger partial charge in [-0.15, -0.1) is 0 Å². The zero-order valence-electron chi connectivity index (χ0n) is 20.7. The third kappa shape index (κ3) is 6.06. The first-order valence-corrected chi connectivity index (χ1v) is 11.4. The maximum absolute atomic E-state index is 13.3. The number of nitrogens with one attached hydrogen (secondary N) is 1. The lowest BCUT2D eigenvalue weighted by Gasteiger charge is -2.36. The molecule has 0 aromatic rings. The molecule has 0 aromatic heterocycles. The second-order valence-corrected chi connectivity index (χ2v) is 8.72. The van der Waals surface area contributed by atoms with Crippen LogP contribution in [0.1, 0.15) is 53.9 Å². The SMILES string of the molecule is CCCCC1C=CN(C(=O)OC)C=C1C1C(C(=O)OC)=C(C)NC(C)=C1C(=O)OCC(C)C. The number of carbonyl (C=O) groups is 3. The Kier molecular flexibility index (Phi) is 9.32. The van der Waals surface area contributed by atoms with Crippen LogP contribution in [0, 0.1) is 17.8 Å². The highest BCUT2D eigenvalue weighted by Gasteiger charge is 2.41. The van der Waals surface area contributed by atoms with Crippen molar-refractivity contribution in [2.75, 3.05) is 20.8 Å². The van der Waals surface area contributed by atoms with Crippen molar-refractivity contribution in [3.63, 3.8) is 0 Å². The lowest BCUT2D eigenvalue weighted by molar-refractivity contribution is -0.140. The van der Waals surface area contributed by atoms with Gasteiger partial charge >= 0.3 is 18.0 Å². The van der Waals surface area contributed by atoms with E-state index in [4.69, 9.17) is 14.2 Å². The van der Waals surface area contributed by atoms with Crippen LogP contribution in [0.15, 0.2) is 46.6 Å². The van der Waals surface area contributed by atoms with Crippen molar-refractivity contribution < 1.29 is 28.6 Å². The molecule has 2 aliphatic heterocycles. The van der Waals surface area contributed by atoms with Gasteiger partial charge in [0.25, 0.3) is 0 Å². The summed E-state index contributed by atoms with van der Waals surface area (Å²) < 4.78 is 15.6. The number of ether oxygens (including phenoxy) is 3. The monoisotopic (exact) mass is 460 g/mol. The molecule has 2 aliphatic rings. The maximum Gasteiger partial charge on any atom is 0.417 e. The molecule has 2 unspecified atom stereocenters. The Morgan fingerprint density at radius 1 is 1.06 bits per heavy atom. The molecule has 0 bridgehead atoms. The number of rotatable bonds is 8. The Morgan fingerprint density at radius 3 is 2.24 bits per heavy atom. The number of unbranched alkanes of at least 4 members (excludes halogenated alkanes) is 1. The van der Waals surface area contributed by atoms with E-state index in [2.05, 4.69) is 12.2 Å². The van der Waals surface area contributed by atoms with Crippen molar-refractivity contribution in [1.82, 2.24) is 10.2 Å². The predicted molar refractivity (Wildman–Crippen MR) is 124 cm³/mol. The van der Waals surface area contributed by atoms with Crippen molar-refractivity contribution in [1.29, 1.82) is 0 Å². The van der Waals surface area contributed by atoms with Gasteiger partial charge in [0.2, 0.25) is 0 Å². The van der Waals surface area contributed by atoms with Crippen LogP contribution in [0.5, 0.6) is 0 Å². The number of dihydropyridines is 1. The third-order valence-corrected chi connectivity index (χ3v) is 5.72. The number of esters is 2. The van der Waals surface area contributed by atoms with Crippen molar-refractivity contribution in [2.24, 2.45) is 17.8 Å². The molecule has 0 spiro atoms. The van der Waals surface area contributed by atoms with Gasteiger partial charge in [-0.25, -0.2) is 14.4 Å². The average Bonchev–Trinajstić information content (AvgIpc) is 2.79. The van der Waals surface area contributed by atoms with Crippen LogP contribution in [0.2, 0.25) is 0 Å². The van der Waals surface area contributed by atoms with Crippen molar-refractivity contribution in [3.8, 4) is 0 Å². The van der Waals surface area contributed by atoms with Crippen LogP contribution in [0.25, 0.3) is 0 Å². The molecule has 0 fully saturated rings. The van der Waals surface area contributed by atoms with E-state index < -0.39 is 23.9 Å². The lowest BCUT2D eigenvalue weighted by Crippen LogP contribution is -2.37. The van der Waals surface area contributed by atoms with E-state index in [1.165, 1.54) is 19.1 Å².